The number of fused-ring (bicyclic) bond motifs is 3. The molecular formula is C20H18N2O3. The number of hydrogen-bond acceptors (Lipinski definition) is 5. The fraction of sp³-hybridized carbons (Fsp3) is 0.300. The van der Waals surface area contributed by atoms with Crippen LogP contribution in [0.2, 0.25) is 0 Å². The molecule has 5 nitrogen and oxygen atoms in total. The van der Waals surface area contributed by atoms with Gasteiger partial charge in [-0.05, 0) is 26.0 Å². The lowest BCUT2D eigenvalue weighted by molar-refractivity contribution is 0.324. The number of furan rings is 1. The summed E-state index contributed by atoms with van der Waals surface area (Å²) in [7, 11) is 0. The predicted octanol–water partition coefficient (Wildman–Crippen LogP) is 3.92. The highest BCUT2D eigenvalue weighted by Crippen LogP contribution is 2.34. The molecule has 25 heavy (non-hydrogen) atoms. The average molecular weight is 334 g/mol. The van der Waals surface area contributed by atoms with Gasteiger partial charge in [-0.25, -0.2) is 9.98 Å². The van der Waals surface area contributed by atoms with E-state index in [-0.39, 0.29) is 12.1 Å². The van der Waals surface area contributed by atoms with Gasteiger partial charge >= 0.3 is 0 Å². The number of aliphatic imine (C=N–C) groups is 2. The average Bonchev–Trinajstić information content (AvgIpc) is 3.32. The molecule has 1 aromatic heterocycles. The largest absolute Gasteiger partial charge is 0.475 e. The number of para-hydroxylation sites is 2. The third-order valence-electron chi connectivity index (χ3n) is 4.58. The molecule has 2 aliphatic heterocycles. The molecule has 0 unspecified atom stereocenters. The quantitative estimate of drug-likeness (QED) is 0.714. The van der Waals surface area contributed by atoms with Crippen molar-refractivity contribution in [3.05, 3.63) is 47.5 Å². The molecule has 5 rings (SSSR count). The van der Waals surface area contributed by atoms with Crippen LogP contribution in [0.5, 0.6) is 0 Å². The van der Waals surface area contributed by atoms with Crippen LogP contribution in [0.3, 0.4) is 0 Å². The maximum absolute atomic E-state index is 6.29. The first kappa shape index (κ1) is 14.5. The van der Waals surface area contributed by atoms with Gasteiger partial charge in [-0.1, -0.05) is 24.3 Å². The summed E-state index contributed by atoms with van der Waals surface area (Å²) in [6.07, 6.45) is 0. The van der Waals surface area contributed by atoms with Crippen LogP contribution in [0, 0.1) is 0 Å². The van der Waals surface area contributed by atoms with Gasteiger partial charge < -0.3 is 13.9 Å². The summed E-state index contributed by atoms with van der Waals surface area (Å²) < 4.78 is 17.8. The van der Waals surface area contributed by atoms with E-state index in [1.165, 1.54) is 0 Å². The van der Waals surface area contributed by atoms with E-state index in [0.29, 0.717) is 25.0 Å². The Kier molecular flexibility index (Phi) is 3.10. The summed E-state index contributed by atoms with van der Waals surface area (Å²) in [5.41, 5.74) is 3.38. The Morgan fingerprint density at radius 1 is 0.760 bits per heavy atom. The summed E-state index contributed by atoms with van der Waals surface area (Å²) in [5.74, 6) is 1.31. The highest BCUT2D eigenvalue weighted by Gasteiger charge is 2.24. The fourth-order valence-electron chi connectivity index (χ4n) is 3.40. The van der Waals surface area contributed by atoms with Crippen LogP contribution in [0.4, 0.5) is 0 Å². The fourth-order valence-corrected chi connectivity index (χ4v) is 3.40. The number of hydrogen-bond donors (Lipinski definition) is 0. The third kappa shape index (κ3) is 2.22. The van der Waals surface area contributed by atoms with E-state index < -0.39 is 0 Å². The molecule has 0 amide bonds. The third-order valence-corrected chi connectivity index (χ3v) is 4.58. The second kappa shape index (κ2) is 5.34. The maximum Gasteiger partial charge on any atom is 0.220 e. The molecule has 0 saturated carbocycles. The molecule has 2 aliphatic rings. The van der Waals surface area contributed by atoms with Crippen molar-refractivity contribution in [3.8, 4) is 0 Å². The molecule has 3 heterocycles. The van der Waals surface area contributed by atoms with Crippen molar-refractivity contribution in [2.45, 2.75) is 25.9 Å². The second-order valence-corrected chi connectivity index (χ2v) is 6.66. The second-order valence-electron chi connectivity index (χ2n) is 6.66. The van der Waals surface area contributed by atoms with Crippen LogP contribution in [-0.2, 0) is 9.47 Å². The Labute approximate surface area is 145 Å². The molecule has 3 aromatic rings. The van der Waals surface area contributed by atoms with Crippen molar-refractivity contribution in [2.24, 2.45) is 9.98 Å². The monoisotopic (exact) mass is 334 g/mol. The van der Waals surface area contributed by atoms with E-state index in [1.54, 1.807) is 0 Å². The zero-order valence-corrected chi connectivity index (χ0v) is 14.2. The van der Waals surface area contributed by atoms with Crippen LogP contribution < -0.4 is 0 Å². The van der Waals surface area contributed by atoms with Crippen LogP contribution >= 0.6 is 0 Å². The molecular weight excluding hydrogens is 316 g/mol. The zero-order valence-electron chi connectivity index (χ0n) is 14.2. The Bertz CT molecular complexity index is 965. The Hall–Kier alpha value is -2.82. The normalized spacial score (nSPS) is 22.8. The van der Waals surface area contributed by atoms with E-state index in [9.17, 15) is 0 Å². The van der Waals surface area contributed by atoms with Crippen molar-refractivity contribution in [3.63, 3.8) is 0 Å². The first-order valence-corrected chi connectivity index (χ1v) is 8.57. The van der Waals surface area contributed by atoms with Gasteiger partial charge in [0.1, 0.15) is 24.4 Å². The Balaban J connectivity index is 1.76. The van der Waals surface area contributed by atoms with Gasteiger partial charge in [0.15, 0.2) is 0 Å². The van der Waals surface area contributed by atoms with Crippen LogP contribution in [-0.4, -0.2) is 37.1 Å². The topological polar surface area (TPSA) is 56.3 Å². The lowest BCUT2D eigenvalue weighted by Crippen LogP contribution is -2.02. The highest BCUT2D eigenvalue weighted by molar-refractivity contribution is 6.17. The van der Waals surface area contributed by atoms with Gasteiger partial charge in [0.25, 0.3) is 0 Å². The zero-order chi connectivity index (χ0) is 17.0. The van der Waals surface area contributed by atoms with Gasteiger partial charge in [-0.15, -0.1) is 0 Å². The summed E-state index contributed by atoms with van der Waals surface area (Å²) >= 11 is 0. The van der Waals surface area contributed by atoms with Gasteiger partial charge in [0.2, 0.25) is 11.8 Å². The Morgan fingerprint density at radius 3 is 1.64 bits per heavy atom. The van der Waals surface area contributed by atoms with E-state index in [0.717, 1.165) is 33.1 Å². The summed E-state index contributed by atoms with van der Waals surface area (Å²) in [6.45, 7) is 5.31. The molecule has 0 saturated heterocycles. The van der Waals surface area contributed by atoms with Crippen LogP contribution in [0.25, 0.3) is 21.9 Å². The Morgan fingerprint density at radius 2 is 1.24 bits per heavy atom. The van der Waals surface area contributed by atoms with Crippen molar-refractivity contribution >= 4 is 33.7 Å². The smallest absolute Gasteiger partial charge is 0.220 e. The van der Waals surface area contributed by atoms with E-state index in [1.807, 2.05) is 38.1 Å². The first-order valence-electron chi connectivity index (χ1n) is 8.57. The van der Waals surface area contributed by atoms with Gasteiger partial charge in [-0.3, -0.25) is 0 Å². The highest BCUT2D eigenvalue weighted by atomic mass is 16.5. The molecule has 5 heteroatoms. The molecule has 0 radical (unpaired) electrons. The van der Waals surface area contributed by atoms with E-state index in [2.05, 4.69) is 22.1 Å². The summed E-state index contributed by atoms with van der Waals surface area (Å²) in [5, 5.41) is 2.10. The number of rotatable bonds is 2. The van der Waals surface area contributed by atoms with Gasteiger partial charge in [0, 0.05) is 10.8 Å². The maximum atomic E-state index is 6.29. The van der Waals surface area contributed by atoms with Crippen LogP contribution in [0.1, 0.15) is 25.0 Å². The molecule has 0 spiro atoms. The van der Waals surface area contributed by atoms with Gasteiger partial charge in [0.05, 0.1) is 23.2 Å². The lowest BCUT2D eigenvalue weighted by Gasteiger charge is -2.02. The molecule has 2 atom stereocenters. The molecule has 0 N–H and O–H groups in total. The van der Waals surface area contributed by atoms with E-state index >= 15 is 0 Å². The van der Waals surface area contributed by atoms with Crippen LogP contribution in [0.15, 0.2) is 50.8 Å². The summed E-state index contributed by atoms with van der Waals surface area (Å²) in [4.78, 5) is 9.15. The minimum Gasteiger partial charge on any atom is -0.475 e. The molecule has 2 aromatic carbocycles. The molecule has 0 aliphatic carbocycles. The van der Waals surface area contributed by atoms with Gasteiger partial charge in [-0.2, -0.15) is 0 Å². The van der Waals surface area contributed by atoms with E-state index in [4.69, 9.17) is 13.9 Å². The predicted molar refractivity (Wildman–Crippen MR) is 97.6 cm³/mol. The minimum absolute atomic E-state index is 0.174. The van der Waals surface area contributed by atoms with Crippen molar-refractivity contribution in [1.82, 2.24) is 0 Å². The minimum atomic E-state index is 0.174. The molecule has 126 valence electrons. The van der Waals surface area contributed by atoms with Crippen molar-refractivity contribution < 1.29 is 13.9 Å². The summed E-state index contributed by atoms with van der Waals surface area (Å²) in [6, 6.07) is 12.5. The number of ether oxygens (including phenoxy) is 2. The lowest BCUT2D eigenvalue weighted by atomic mass is 10.1. The van der Waals surface area contributed by atoms with Crippen molar-refractivity contribution in [2.75, 3.05) is 13.2 Å². The number of nitrogens with zero attached hydrogens (tertiary/aromatic N) is 2. The first-order chi connectivity index (χ1) is 12.2. The SMILES string of the molecule is C[C@@H]1COC(c2cccc3c2oc2c(C4=N[C@H](C)CO4)cccc23)=N1. The molecule has 0 fully saturated rings. The van der Waals surface area contributed by atoms with Crippen molar-refractivity contribution in [1.29, 1.82) is 0 Å². The molecule has 0 bridgehead atoms. The standard InChI is InChI=1S/C20H18N2O3/c1-11-9-23-19(21-11)15-7-3-5-13-14-6-4-8-16(18(14)25-17(13)15)20-22-12(2)10-24-20/h3-8,11-12H,9-10H2,1-2H3/t11-,12-/m1/s1. The number of benzene rings is 2.